The van der Waals surface area contributed by atoms with E-state index in [1.54, 1.807) is 17.8 Å². The first kappa shape index (κ1) is 17.1. The van der Waals surface area contributed by atoms with Crippen LogP contribution in [0.25, 0.3) is 0 Å². The number of hydrogen-bond acceptors (Lipinski definition) is 4. The molecule has 0 aliphatic carbocycles. The van der Waals surface area contributed by atoms with Gasteiger partial charge in [-0.05, 0) is 42.0 Å². The van der Waals surface area contributed by atoms with Gasteiger partial charge in [0.05, 0.1) is 5.02 Å². The number of nitrogens with one attached hydrogen (secondary N) is 1. The van der Waals surface area contributed by atoms with E-state index in [1.807, 2.05) is 42.5 Å². The molecule has 1 aliphatic rings. The van der Waals surface area contributed by atoms with E-state index in [0.717, 1.165) is 23.5 Å². The number of halogens is 1. The van der Waals surface area contributed by atoms with Crippen LogP contribution in [0.2, 0.25) is 5.02 Å². The Morgan fingerprint density at radius 2 is 2.04 bits per heavy atom. The molecule has 3 N–H and O–H groups in total. The Balaban J connectivity index is 1.78. The number of para-hydroxylation sites is 1. The molecule has 0 bridgehead atoms. The molecule has 2 atom stereocenters. The van der Waals surface area contributed by atoms with E-state index < -0.39 is 0 Å². The molecule has 0 saturated carbocycles. The number of hydrogen-bond donors (Lipinski definition) is 2. The Bertz CT molecular complexity index is 711. The van der Waals surface area contributed by atoms with Crippen molar-refractivity contribution in [2.75, 3.05) is 12.3 Å². The molecule has 2 aromatic carbocycles. The minimum Gasteiger partial charge on any atom is -0.456 e. The SMILES string of the molecule is NC[C@@H]1CCS[C@H](c2ccc(Oc3ccccc3)c(Cl)c2)C(=O)N1. The largest absolute Gasteiger partial charge is 0.456 e. The summed E-state index contributed by atoms with van der Waals surface area (Å²) in [6, 6.07) is 15.0. The van der Waals surface area contributed by atoms with Crippen molar-refractivity contribution in [3.8, 4) is 11.5 Å². The Morgan fingerprint density at radius 3 is 2.75 bits per heavy atom. The van der Waals surface area contributed by atoms with Crippen LogP contribution in [-0.4, -0.2) is 24.2 Å². The van der Waals surface area contributed by atoms with Crippen LogP contribution >= 0.6 is 23.4 Å². The summed E-state index contributed by atoms with van der Waals surface area (Å²) in [7, 11) is 0. The number of nitrogens with two attached hydrogens (primary N) is 1. The molecule has 1 aliphatic heterocycles. The predicted octanol–water partition coefficient (Wildman–Crippen LogP) is 3.75. The summed E-state index contributed by atoms with van der Waals surface area (Å²) in [4.78, 5) is 12.4. The molecular formula is C18H19ClN2O2S. The third kappa shape index (κ3) is 4.04. The van der Waals surface area contributed by atoms with Gasteiger partial charge in [-0.3, -0.25) is 4.79 Å². The van der Waals surface area contributed by atoms with E-state index in [2.05, 4.69) is 5.32 Å². The van der Waals surface area contributed by atoms with E-state index >= 15 is 0 Å². The highest BCUT2D eigenvalue weighted by Crippen LogP contribution is 2.37. The second-order valence-electron chi connectivity index (χ2n) is 5.59. The van der Waals surface area contributed by atoms with Crippen molar-refractivity contribution in [1.29, 1.82) is 0 Å². The summed E-state index contributed by atoms with van der Waals surface area (Å²) < 4.78 is 5.78. The van der Waals surface area contributed by atoms with Gasteiger partial charge in [0.1, 0.15) is 16.7 Å². The van der Waals surface area contributed by atoms with Gasteiger partial charge in [-0.2, -0.15) is 0 Å². The monoisotopic (exact) mass is 362 g/mol. The van der Waals surface area contributed by atoms with Crippen molar-refractivity contribution in [3.05, 3.63) is 59.1 Å². The highest BCUT2D eigenvalue weighted by atomic mass is 35.5. The Hall–Kier alpha value is -1.69. The number of carbonyl (C=O) groups excluding carboxylic acids is 1. The van der Waals surface area contributed by atoms with Crippen LogP contribution in [0.15, 0.2) is 48.5 Å². The summed E-state index contributed by atoms with van der Waals surface area (Å²) >= 11 is 7.97. The third-order valence-electron chi connectivity index (χ3n) is 3.85. The molecule has 3 rings (SSSR count). The highest BCUT2D eigenvalue weighted by molar-refractivity contribution is 8.00. The fourth-order valence-electron chi connectivity index (χ4n) is 2.56. The smallest absolute Gasteiger partial charge is 0.237 e. The molecule has 24 heavy (non-hydrogen) atoms. The van der Waals surface area contributed by atoms with Gasteiger partial charge in [0.2, 0.25) is 5.91 Å². The molecule has 1 amide bonds. The molecule has 1 saturated heterocycles. The maximum atomic E-state index is 12.4. The lowest BCUT2D eigenvalue weighted by atomic mass is 10.1. The van der Waals surface area contributed by atoms with Crippen molar-refractivity contribution in [1.82, 2.24) is 5.32 Å². The number of carbonyl (C=O) groups is 1. The van der Waals surface area contributed by atoms with E-state index in [1.165, 1.54) is 0 Å². The summed E-state index contributed by atoms with van der Waals surface area (Å²) in [5.74, 6) is 2.16. The van der Waals surface area contributed by atoms with Crippen molar-refractivity contribution in [2.45, 2.75) is 17.7 Å². The van der Waals surface area contributed by atoms with Crippen LogP contribution in [0.5, 0.6) is 11.5 Å². The lowest BCUT2D eigenvalue weighted by Gasteiger charge is -2.16. The van der Waals surface area contributed by atoms with Crippen LogP contribution in [0.1, 0.15) is 17.2 Å². The van der Waals surface area contributed by atoms with Gasteiger partial charge in [-0.25, -0.2) is 0 Å². The van der Waals surface area contributed by atoms with E-state index in [0.29, 0.717) is 17.3 Å². The van der Waals surface area contributed by atoms with Crippen molar-refractivity contribution in [3.63, 3.8) is 0 Å². The number of amides is 1. The second kappa shape index (κ2) is 7.92. The van der Waals surface area contributed by atoms with Gasteiger partial charge in [0, 0.05) is 12.6 Å². The molecule has 1 heterocycles. The lowest BCUT2D eigenvalue weighted by Crippen LogP contribution is -2.40. The second-order valence-corrected chi connectivity index (χ2v) is 7.21. The summed E-state index contributed by atoms with van der Waals surface area (Å²) in [5.41, 5.74) is 6.55. The van der Waals surface area contributed by atoms with E-state index in [4.69, 9.17) is 22.1 Å². The number of thioether (sulfide) groups is 1. The highest BCUT2D eigenvalue weighted by Gasteiger charge is 2.27. The number of benzene rings is 2. The first-order valence-electron chi connectivity index (χ1n) is 7.82. The molecule has 0 aromatic heterocycles. The quantitative estimate of drug-likeness (QED) is 0.869. The molecule has 0 radical (unpaired) electrons. The third-order valence-corrected chi connectivity index (χ3v) is 5.44. The van der Waals surface area contributed by atoms with Crippen LogP contribution in [0.3, 0.4) is 0 Å². The Kier molecular flexibility index (Phi) is 5.66. The molecule has 6 heteroatoms. The number of ether oxygens (including phenoxy) is 1. The van der Waals surface area contributed by atoms with Crippen molar-refractivity contribution in [2.24, 2.45) is 5.73 Å². The fraction of sp³-hybridized carbons (Fsp3) is 0.278. The Morgan fingerprint density at radius 1 is 1.25 bits per heavy atom. The zero-order valence-electron chi connectivity index (χ0n) is 13.1. The molecule has 0 unspecified atom stereocenters. The van der Waals surface area contributed by atoms with Gasteiger partial charge in [-0.15, -0.1) is 11.8 Å². The van der Waals surface area contributed by atoms with E-state index in [-0.39, 0.29) is 17.2 Å². The topological polar surface area (TPSA) is 64.3 Å². The summed E-state index contributed by atoms with van der Waals surface area (Å²) in [6.07, 6.45) is 0.881. The minimum atomic E-state index is -0.273. The molecular weight excluding hydrogens is 344 g/mol. The average Bonchev–Trinajstić information content (AvgIpc) is 2.79. The molecule has 2 aromatic rings. The van der Waals surface area contributed by atoms with Crippen molar-refractivity contribution >= 4 is 29.3 Å². The molecule has 4 nitrogen and oxygen atoms in total. The Labute approximate surface area is 150 Å². The summed E-state index contributed by atoms with van der Waals surface area (Å²) in [6.45, 7) is 0.462. The van der Waals surface area contributed by atoms with Crippen LogP contribution in [0.4, 0.5) is 0 Å². The van der Waals surface area contributed by atoms with Gasteiger partial charge in [0.25, 0.3) is 0 Å². The lowest BCUT2D eigenvalue weighted by molar-refractivity contribution is -0.121. The van der Waals surface area contributed by atoms with Gasteiger partial charge in [-0.1, -0.05) is 35.9 Å². The zero-order valence-corrected chi connectivity index (χ0v) is 14.6. The molecule has 126 valence electrons. The first-order valence-corrected chi connectivity index (χ1v) is 9.24. The molecule has 0 spiro atoms. The maximum absolute atomic E-state index is 12.4. The predicted molar refractivity (Wildman–Crippen MR) is 98.8 cm³/mol. The fourth-order valence-corrected chi connectivity index (χ4v) is 4.00. The zero-order chi connectivity index (χ0) is 16.9. The maximum Gasteiger partial charge on any atom is 0.237 e. The summed E-state index contributed by atoms with van der Waals surface area (Å²) in [5, 5.41) is 3.21. The van der Waals surface area contributed by atoms with Crippen LogP contribution in [0, 0.1) is 0 Å². The molecule has 1 fully saturated rings. The average molecular weight is 363 g/mol. The van der Waals surface area contributed by atoms with Crippen LogP contribution in [-0.2, 0) is 4.79 Å². The minimum absolute atomic E-state index is 0.0132. The van der Waals surface area contributed by atoms with Gasteiger partial charge < -0.3 is 15.8 Å². The number of rotatable bonds is 4. The van der Waals surface area contributed by atoms with Gasteiger partial charge in [0.15, 0.2) is 0 Å². The van der Waals surface area contributed by atoms with Crippen molar-refractivity contribution < 1.29 is 9.53 Å². The van der Waals surface area contributed by atoms with Gasteiger partial charge >= 0.3 is 0 Å². The standard InChI is InChI=1S/C18H19ClN2O2S/c19-15-10-12(17-18(22)21-13(11-20)8-9-24-17)6-7-16(15)23-14-4-2-1-3-5-14/h1-7,10,13,17H,8-9,11,20H2,(H,21,22)/t13-,17+/m0/s1. The normalized spacial score (nSPS) is 21.0. The van der Waals surface area contributed by atoms with E-state index in [9.17, 15) is 4.79 Å². The first-order chi connectivity index (χ1) is 11.7. The van der Waals surface area contributed by atoms with Crippen LogP contribution < -0.4 is 15.8 Å².